The third-order valence-electron chi connectivity index (χ3n) is 5.62. The van der Waals surface area contributed by atoms with Crippen molar-refractivity contribution < 1.29 is 20.1 Å². The highest BCUT2D eigenvalue weighted by atomic mass is 32.2. The van der Waals surface area contributed by atoms with Gasteiger partial charge in [-0.3, -0.25) is 4.79 Å². The Hall–Kier alpha value is -0.520. The van der Waals surface area contributed by atoms with Crippen molar-refractivity contribution in [3.8, 4) is 0 Å². The summed E-state index contributed by atoms with van der Waals surface area (Å²) in [6.45, 7) is 2.16. The van der Waals surface area contributed by atoms with Crippen LogP contribution in [0.15, 0.2) is 12.2 Å². The Morgan fingerprint density at radius 3 is 2.76 bits per heavy atom. The van der Waals surface area contributed by atoms with Crippen molar-refractivity contribution >= 4 is 17.7 Å². The first kappa shape index (κ1) is 20.8. The highest BCUT2D eigenvalue weighted by molar-refractivity contribution is 8.00. The van der Waals surface area contributed by atoms with E-state index in [1.165, 1.54) is 0 Å². The summed E-state index contributed by atoms with van der Waals surface area (Å²) in [4.78, 5) is 10.6. The fourth-order valence-corrected chi connectivity index (χ4v) is 6.17. The van der Waals surface area contributed by atoms with E-state index in [0.29, 0.717) is 16.4 Å². The van der Waals surface area contributed by atoms with Gasteiger partial charge in [0.25, 0.3) is 0 Å². The summed E-state index contributed by atoms with van der Waals surface area (Å²) in [7, 11) is 0. The van der Waals surface area contributed by atoms with E-state index in [0.717, 1.165) is 57.8 Å². The van der Waals surface area contributed by atoms with Crippen molar-refractivity contribution in [3.63, 3.8) is 0 Å². The van der Waals surface area contributed by atoms with Crippen LogP contribution >= 0.6 is 11.8 Å². The van der Waals surface area contributed by atoms with Crippen molar-refractivity contribution in [2.24, 2.45) is 11.8 Å². The second-order valence-electron chi connectivity index (χ2n) is 7.66. The van der Waals surface area contributed by atoms with Gasteiger partial charge in [0.15, 0.2) is 0 Å². The number of unbranched alkanes of at least 4 members (excludes halogenated alkanes) is 3. The van der Waals surface area contributed by atoms with Gasteiger partial charge in [-0.15, -0.1) is 0 Å². The molecule has 0 spiro atoms. The molecule has 0 aromatic carbocycles. The summed E-state index contributed by atoms with van der Waals surface area (Å²) in [5.41, 5.74) is 0. The number of aliphatic hydroxyl groups excluding tert-OH is 2. The predicted octanol–water partition coefficient (Wildman–Crippen LogP) is 4.00. The van der Waals surface area contributed by atoms with Gasteiger partial charge in [0.1, 0.15) is 0 Å². The van der Waals surface area contributed by atoms with E-state index in [9.17, 15) is 15.0 Å². The number of hydrogen-bond acceptors (Lipinski definition) is 4. The zero-order valence-corrected chi connectivity index (χ0v) is 16.2. The number of carboxylic acid groups (broad SMARTS) is 1. The molecule has 5 heteroatoms. The monoisotopic (exact) mass is 370 g/mol. The summed E-state index contributed by atoms with van der Waals surface area (Å²) >= 11 is 1.99. The van der Waals surface area contributed by atoms with E-state index < -0.39 is 12.1 Å². The molecule has 1 aliphatic carbocycles. The van der Waals surface area contributed by atoms with Crippen LogP contribution in [0.1, 0.15) is 71.1 Å². The largest absolute Gasteiger partial charge is 0.481 e. The van der Waals surface area contributed by atoms with Crippen molar-refractivity contribution in [1.82, 2.24) is 0 Å². The Bertz CT molecular complexity index is 439. The van der Waals surface area contributed by atoms with Crippen LogP contribution in [0.2, 0.25) is 0 Å². The fraction of sp³-hybridized carbons (Fsp3) is 0.850. The highest BCUT2D eigenvalue weighted by Gasteiger charge is 2.47. The van der Waals surface area contributed by atoms with Crippen molar-refractivity contribution in [2.45, 2.75) is 93.8 Å². The van der Waals surface area contributed by atoms with Crippen LogP contribution in [0.4, 0.5) is 0 Å². The first-order valence-electron chi connectivity index (χ1n) is 9.93. The van der Waals surface area contributed by atoms with Gasteiger partial charge < -0.3 is 15.3 Å². The maximum atomic E-state index is 10.6. The van der Waals surface area contributed by atoms with Gasteiger partial charge in [-0.2, -0.15) is 11.8 Å². The molecule has 2 fully saturated rings. The van der Waals surface area contributed by atoms with Crippen LogP contribution in [0.25, 0.3) is 0 Å². The van der Waals surface area contributed by atoms with Crippen molar-refractivity contribution in [2.75, 3.05) is 0 Å². The minimum Gasteiger partial charge on any atom is -0.481 e. The van der Waals surface area contributed by atoms with Crippen LogP contribution in [0.5, 0.6) is 0 Å². The molecule has 1 aliphatic heterocycles. The number of carboxylic acids is 1. The predicted molar refractivity (Wildman–Crippen MR) is 103 cm³/mol. The lowest BCUT2D eigenvalue weighted by Gasteiger charge is -2.18. The Morgan fingerprint density at radius 2 is 2.04 bits per heavy atom. The zero-order valence-electron chi connectivity index (χ0n) is 15.3. The molecule has 144 valence electrons. The lowest BCUT2D eigenvalue weighted by atomic mass is 9.89. The van der Waals surface area contributed by atoms with Crippen LogP contribution < -0.4 is 0 Å². The molecule has 1 saturated carbocycles. The van der Waals surface area contributed by atoms with E-state index >= 15 is 0 Å². The first-order valence-corrected chi connectivity index (χ1v) is 10.9. The molecule has 1 heterocycles. The third kappa shape index (κ3) is 6.61. The molecule has 0 amide bonds. The summed E-state index contributed by atoms with van der Waals surface area (Å²) in [6.07, 6.45) is 12.5. The van der Waals surface area contributed by atoms with Gasteiger partial charge in [-0.1, -0.05) is 44.8 Å². The fourth-order valence-electron chi connectivity index (χ4n) is 4.24. The van der Waals surface area contributed by atoms with Crippen LogP contribution in [-0.4, -0.2) is 44.0 Å². The van der Waals surface area contributed by atoms with Crippen molar-refractivity contribution in [3.05, 3.63) is 12.2 Å². The standard InChI is InChI=1S/C20H34O4S/c1-2-3-4-7-14(21)10-11-16-17-12-15(8-5-6-9-20(23)24)25-19(17)13-18(16)22/h10-11,14-19,21-22H,2-9,12-13H2,1H3,(H,23,24)/b11-10+/t14-,15?,16+,17+,18+,19-/m0/s1. The van der Waals surface area contributed by atoms with Crippen LogP contribution in [0, 0.1) is 11.8 Å². The minimum absolute atomic E-state index is 0.169. The molecule has 1 unspecified atom stereocenters. The molecule has 2 aliphatic rings. The van der Waals surface area contributed by atoms with E-state index in [4.69, 9.17) is 5.11 Å². The Balaban J connectivity index is 1.76. The normalized spacial score (nSPS) is 33.0. The Labute approximate surface area is 156 Å². The molecule has 3 N–H and O–H groups in total. The van der Waals surface area contributed by atoms with E-state index in [1.807, 2.05) is 17.8 Å². The quantitative estimate of drug-likeness (QED) is 0.378. The van der Waals surface area contributed by atoms with Gasteiger partial charge in [0, 0.05) is 22.8 Å². The summed E-state index contributed by atoms with van der Waals surface area (Å²) < 4.78 is 0. The lowest BCUT2D eigenvalue weighted by Crippen LogP contribution is -2.19. The summed E-state index contributed by atoms with van der Waals surface area (Å²) in [5, 5.41) is 30.3. The molecular weight excluding hydrogens is 336 g/mol. The molecular formula is C20H34O4S. The number of aliphatic carboxylic acids is 1. The average Bonchev–Trinajstić information content (AvgIpc) is 3.06. The van der Waals surface area contributed by atoms with Gasteiger partial charge in [0.2, 0.25) is 0 Å². The first-order chi connectivity index (χ1) is 12.0. The molecule has 25 heavy (non-hydrogen) atoms. The Kier molecular flexibility index (Phi) is 8.80. The summed E-state index contributed by atoms with van der Waals surface area (Å²) in [5.74, 6) is -0.0346. The molecule has 0 aromatic rings. The smallest absolute Gasteiger partial charge is 0.303 e. The topological polar surface area (TPSA) is 77.8 Å². The summed E-state index contributed by atoms with van der Waals surface area (Å²) in [6, 6.07) is 0. The number of rotatable bonds is 11. The van der Waals surface area contributed by atoms with Crippen LogP contribution in [-0.2, 0) is 4.79 Å². The number of fused-ring (bicyclic) bond motifs is 1. The molecule has 0 bridgehead atoms. The zero-order chi connectivity index (χ0) is 18.2. The maximum Gasteiger partial charge on any atom is 0.303 e. The molecule has 4 nitrogen and oxygen atoms in total. The average molecular weight is 371 g/mol. The maximum absolute atomic E-state index is 10.6. The second-order valence-corrected chi connectivity index (χ2v) is 9.21. The number of carbonyl (C=O) groups is 1. The second kappa shape index (κ2) is 10.6. The lowest BCUT2D eigenvalue weighted by molar-refractivity contribution is -0.137. The van der Waals surface area contributed by atoms with E-state index in [2.05, 4.69) is 13.0 Å². The van der Waals surface area contributed by atoms with Gasteiger partial charge in [-0.05, 0) is 38.0 Å². The van der Waals surface area contributed by atoms with E-state index in [1.54, 1.807) is 0 Å². The number of hydrogen-bond donors (Lipinski definition) is 3. The van der Waals surface area contributed by atoms with Gasteiger partial charge >= 0.3 is 5.97 Å². The van der Waals surface area contributed by atoms with Crippen LogP contribution in [0.3, 0.4) is 0 Å². The van der Waals surface area contributed by atoms with Gasteiger partial charge in [-0.25, -0.2) is 0 Å². The molecule has 0 aromatic heterocycles. The molecule has 1 saturated heterocycles. The van der Waals surface area contributed by atoms with Gasteiger partial charge in [0.05, 0.1) is 12.2 Å². The third-order valence-corrected chi connectivity index (χ3v) is 7.32. The molecule has 6 atom stereocenters. The highest BCUT2D eigenvalue weighted by Crippen LogP contribution is 2.52. The SMILES string of the molecule is CCCCC[C@H](O)/C=C/[C@@H]1[C@H]2CC(CCCCC(=O)O)S[C@H]2C[C@H]1O. The molecule has 0 radical (unpaired) electrons. The van der Waals surface area contributed by atoms with Crippen molar-refractivity contribution in [1.29, 1.82) is 0 Å². The minimum atomic E-state index is -0.707. The van der Waals surface area contributed by atoms with E-state index in [-0.39, 0.29) is 18.4 Å². The number of aliphatic hydroxyl groups is 2. The Morgan fingerprint density at radius 1 is 1.24 bits per heavy atom. The number of thioether (sulfide) groups is 1. The molecule has 2 rings (SSSR count).